The number of hydrogen-bond donors (Lipinski definition) is 2. The Balaban J connectivity index is 1.61. The van der Waals surface area contributed by atoms with Gasteiger partial charge in [0.15, 0.2) is 10.2 Å². The maximum absolute atomic E-state index is 12.3. The number of pyridine rings is 1. The lowest BCUT2D eigenvalue weighted by Crippen LogP contribution is -2.29. The van der Waals surface area contributed by atoms with Crippen LogP contribution in [0.25, 0.3) is 5.13 Å². The molecule has 0 spiro atoms. The van der Waals surface area contributed by atoms with Gasteiger partial charge in [-0.25, -0.2) is 4.98 Å². The Bertz CT molecular complexity index is 1450. The second-order valence-corrected chi connectivity index (χ2v) is 10.9. The Hall–Kier alpha value is -3.56. The summed E-state index contributed by atoms with van der Waals surface area (Å²) in [6.45, 7) is 10.0. The van der Waals surface area contributed by atoms with Gasteiger partial charge in [-0.1, -0.05) is 19.9 Å². The number of aryl methyl sites for hydroxylation is 2. The number of amides is 1. The summed E-state index contributed by atoms with van der Waals surface area (Å²) in [4.78, 5) is 23.7. The van der Waals surface area contributed by atoms with Gasteiger partial charge in [0.2, 0.25) is 5.91 Å². The third-order valence-electron chi connectivity index (χ3n) is 6.77. The number of rotatable bonds is 6. The van der Waals surface area contributed by atoms with Gasteiger partial charge in [0.25, 0.3) is 0 Å². The molecule has 2 N–H and O–H groups in total. The van der Waals surface area contributed by atoms with Gasteiger partial charge in [0, 0.05) is 46.5 Å². The van der Waals surface area contributed by atoms with Crippen molar-refractivity contribution in [2.75, 3.05) is 10.2 Å². The molecule has 1 aliphatic rings. The largest absolute Gasteiger partial charge is 0.351 e. The normalized spacial score (nSPS) is 17.4. The maximum atomic E-state index is 12.3. The van der Waals surface area contributed by atoms with Crippen molar-refractivity contribution in [3.05, 3.63) is 88.4 Å². The average molecular weight is 531 g/mol. The minimum Gasteiger partial charge on any atom is -0.351 e. The van der Waals surface area contributed by atoms with Gasteiger partial charge < -0.3 is 15.5 Å². The van der Waals surface area contributed by atoms with Crippen LogP contribution in [0, 0.1) is 26.7 Å². The summed E-state index contributed by atoms with van der Waals surface area (Å²) < 4.78 is 2.20. The highest BCUT2D eigenvalue weighted by atomic mass is 32.1. The summed E-state index contributed by atoms with van der Waals surface area (Å²) in [6, 6.07) is 14.0. The van der Waals surface area contributed by atoms with Crippen molar-refractivity contribution in [2.24, 2.45) is 5.92 Å². The van der Waals surface area contributed by atoms with Crippen molar-refractivity contribution in [2.45, 2.75) is 46.7 Å². The van der Waals surface area contributed by atoms with Gasteiger partial charge in [-0.15, -0.1) is 11.3 Å². The van der Waals surface area contributed by atoms with Crippen LogP contribution in [0.4, 0.5) is 11.4 Å². The topological polar surface area (TPSA) is 75.1 Å². The van der Waals surface area contributed by atoms with Crippen molar-refractivity contribution in [1.29, 1.82) is 0 Å². The molecule has 2 atom stereocenters. The van der Waals surface area contributed by atoms with E-state index in [1.165, 1.54) is 0 Å². The molecule has 9 heteroatoms. The summed E-state index contributed by atoms with van der Waals surface area (Å²) in [5.74, 6) is -0.0945. The zero-order valence-corrected chi connectivity index (χ0v) is 23.2. The summed E-state index contributed by atoms with van der Waals surface area (Å²) in [7, 11) is 0. The SMILES string of the molecule is Cc1cc(N2C(=S)N[C@H](c3ccccn3)[C@H]2c2cc(C)n(-c3nccs3)c2C)ccc1NC(=O)C(C)C. The van der Waals surface area contributed by atoms with Crippen LogP contribution in [0.5, 0.6) is 0 Å². The number of anilines is 2. The lowest BCUT2D eigenvalue weighted by atomic mass is 9.96. The van der Waals surface area contributed by atoms with Gasteiger partial charge in [-0.2, -0.15) is 0 Å². The summed E-state index contributed by atoms with van der Waals surface area (Å²) in [6.07, 6.45) is 3.64. The molecule has 4 heterocycles. The van der Waals surface area contributed by atoms with Gasteiger partial charge in [0.1, 0.15) is 0 Å². The van der Waals surface area contributed by atoms with E-state index in [-0.39, 0.29) is 23.9 Å². The van der Waals surface area contributed by atoms with E-state index >= 15 is 0 Å². The van der Waals surface area contributed by atoms with Crippen LogP contribution in [-0.2, 0) is 4.79 Å². The molecule has 1 fully saturated rings. The minimum absolute atomic E-state index is 0.00284. The van der Waals surface area contributed by atoms with E-state index in [2.05, 4.69) is 56.0 Å². The lowest BCUT2D eigenvalue weighted by molar-refractivity contribution is -0.118. The van der Waals surface area contributed by atoms with E-state index in [0.717, 1.165) is 44.7 Å². The molecule has 190 valence electrons. The van der Waals surface area contributed by atoms with Crippen molar-refractivity contribution < 1.29 is 4.79 Å². The number of thiazole rings is 1. The zero-order chi connectivity index (χ0) is 26.3. The fourth-order valence-corrected chi connectivity index (χ4v) is 5.97. The Labute approximate surface area is 226 Å². The molecule has 1 amide bonds. The Morgan fingerprint density at radius 1 is 1.11 bits per heavy atom. The zero-order valence-electron chi connectivity index (χ0n) is 21.5. The number of hydrogen-bond acceptors (Lipinski definition) is 5. The number of thiocarbonyl (C=S) groups is 1. The molecule has 3 aromatic heterocycles. The Morgan fingerprint density at radius 2 is 1.92 bits per heavy atom. The van der Waals surface area contributed by atoms with Gasteiger partial charge in [-0.05, 0) is 80.5 Å². The first-order valence-electron chi connectivity index (χ1n) is 12.3. The minimum atomic E-state index is -0.139. The molecular weight excluding hydrogens is 500 g/mol. The molecule has 0 saturated carbocycles. The van der Waals surface area contributed by atoms with Gasteiger partial charge in [-0.3, -0.25) is 14.3 Å². The van der Waals surface area contributed by atoms with E-state index in [1.54, 1.807) is 11.3 Å². The smallest absolute Gasteiger partial charge is 0.226 e. The predicted octanol–water partition coefficient (Wildman–Crippen LogP) is 6.03. The molecule has 0 aliphatic carbocycles. The summed E-state index contributed by atoms with van der Waals surface area (Å²) in [5, 5.41) is 10.1. The number of benzene rings is 1. The second kappa shape index (κ2) is 10.1. The molecule has 1 saturated heterocycles. The maximum Gasteiger partial charge on any atom is 0.226 e. The van der Waals surface area contributed by atoms with Crippen LogP contribution in [0.2, 0.25) is 0 Å². The highest BCUT2D eigenvalue weighted by Crippen LogP contribution is 2.44. The van der Waals surface area contributed by atoms with E-state index in [4.69, 9.17) is 12.2 Å². The van der Waals surface area contributed by atoms with Crippen molar-refractivity contribution in [3.8, 4) is 5.13 Å². The molecule has 7 nitrogen and oxygen atoms in total. The van der Waals surface area contributed by atoms with Crippen LogP contribution in [-0.4, -0.2) is 25.6 Å². The highest BCUT2D eigenvalue weighted by Gasteiger charge is 2.42. The number of carbonyl (C=O) groups excluding carboxylic acids is 1. The molecule has 37 heavy (non-hydrogen) atoms. The number of nitrogens with zero attached hydrogens (tertiary/aromatic N) is 4. The van der Waals surface area contributed by atoms with Gasteiger partial charge >= 0.3 is 0 Å². The molecule has 1 aliphatic heterocycles. The third kappa shape index (κ3) is 4.65. The van der Waals surface area contributed by atoms with E-state index in [1.807, 2.05) is 68.9 Å². The summed E-state index contributed by atoms with van der Waals surface area (Å²) >= 11 is 7.54. The summed E-state index contributed by atoms with van der Waals surface area (Å²) in [5.41, 5.74) is 7.05. The molecule has 0 unspecified atom stereocenters. The van der Waals surface area contributed by atoms with Crippen molar-refractivity contribution in [3.63, 3.8) is 0 Å². The first-order valence-corrected chi connectivity index (χ1v) is 13.6. The second-order valence-electron chi connectivity index (χ2n) is 9.62. The predicted molar refractivity (Wildman–Crippen MR) is 153 cm³/mol. The monoisotopic (exact) mass is 530 g/mol. The molecule has 0 bridgehead atoms. The van der Waals surface area contributed by atoms with Crippen molar-refractivity contribution in [1.82, 2.24) is 19.9 Å². The van der Waals surface area contributed by atoms with Crippen LogP contribution in [0.1, 0.15) is 54.1 Å². The molecule has 4 aromatic rings. The fourth-order valence-electron chi connectivity index (χ4n) is 4.87. The third-order valence-corrected chi connectivity index (χ3v) is 7.84. The standard InChI is InChI=1S/C28H30N6OS2/c1-16(2)26(35)31-22-10-9-20(14-17(22)3)34-25(24(32-27(34)36)23-8-6-7-11-29-23)21-15-18(4)33(19(21)5)28-30-12-13-37-28/h6-16,24-25H,1-5H3,(H,31,35)(H,32,36)/t24-,25-/m1/s1. The van der Waals surface area contributed by atoms with Crippen molar-refractivity contribution >= 4 is 45.9 Å². The number of nitrogens with one attached hydrogen (secondary N) is 2. The Morgan fingerprint density at radius 3 is 2.57 bits per heavy atom. The number of aromatic nitrogens is 3. The fraction of sp³-hybridized carbons (Fsp3) is 0.286. The van der Waals surface area contributed by atoms with E-state index in [9.17, 15) is 4.79 Å². The quantitative estimate of drug-likeness (QED) is 0.297. The van der Waals surface area contributed by atoms with E-state index < -0.39 is 0 Å². The van der Waals surface area contributed by atoms with Crippen LogP contribution < -0.4 is 15.5 Å². The average Bonchev–Trinajstić information content (AvgIpc) is 3.58. The lowest BCUT2D eigenvalue weighted by Gasteiger charge is -2.28. The molecule has 0 radical (unpaired) electrons. The van der Waals surface area contributed by atoms with Crippen LogP contribution >= 0.6 is 23.6 Å². The van der Waals surface area contributed by atoms with E-state index in [0.29, 0.717) is 5.11 Å². The number of carbonyl (C=O) groups is 1. The Kier molecular flexibility index (Phi) is 6.83. The van der Waals surface area contributed by atoms with Gasteiger partial charge in [0.05, 0.1) is 17.8 Å². The molecule has 5 rings (SSSR count). The molecular formula is C28H30N6OS2. The van der Waals surface area contributed by atoms with Crippen LogP contribution in [0.15, 0.2) is 60.2 Å². The highest BCUT2D eigenvalue weighted by molar-refractivity contribution is 7.80. The van der Waals surface area contributed by atoms with Crippen LogP contribution in [0.3, 0.4) is 0 Å². The first-order chi connectivity index (χ1) is 17.8. The molecule has 1 aromatic carbocycles. The first kappa shape index (κ1) is 25.1.